The molecule has 3 N–H and O–H groups in total. The largest absolute Gasteiger partial charge is 0.478 e. The fourth-order valence-corrected chi connectivity index (χ4v) is 2.60. The monoisotopic (exact) mass is 276 g/mol. The molecule has 0 aromatic rings. The molecule has 0 aromatic carbocycles. The van der Waals surface area contributed by atoms with Crippen molar-refractivity contribution in [1.29, 1.82) is 0 Å². The van der Waals surface area contributed by atoms with Crippen LogP contribution in [0.3, 0.4) is 0 Å². The smallest absolute Gasteiger partial charge is 0.332 e. The Morgan fingerprint density at radius 1 is 1.39 bits per heavy atom. The van der Waals surface area contributed by atoms with Crippen molar-refractivity contribution in [2.75, 3.05) is 13.2 Å². The van der Waals surface area contributed by atoms with Crippen molar-refractivity contribution >= 4 is 18.6 Å². The maximum Gasteiger partial charge on any atom is 0.332 e. The molecule has 0 aromatic heterocycles. The minimum Gasteiger partial charge on any atom is -0.478 e. The van der Waals surface area contributed by atoms with E-state index in [4.69, 9.17) is 24.8 Å². The van der Waals surface area contributed by atoms with Gasteiger partial charge in [-0.3, -0.25) is 0 Å². The number of carbonyl (C=O) groups is 1. The van der Waals surface area contributed by atoms with E-state index in [0.717, 1.165) is 0 Å². The molecule has 6 nitrogen and oxygen atoms in total. The van der Waals surface area contributed by atoms with Gasteiger partial charge in [0.25, 0.3) is 0 Å². The fraction of sp³-hybridized carbons (Fsp3) is 0.727. The lowest BCUT2D eigenvalue weighted by Gasteiger charge is -2.31. The van der Waals surface area contributed by atoms with Crippen LogP contribution in [0.25, 0.3) is 0 Å². The third kappa shape index (κ3) is 2.41. The average Bonchev–Trinajstić information content (AvgIpc) is 2.70. The first-order valence-corrected chi connectivity index (χ1v) is 6.24. The predicted molar refractivity (Wildman–Crippen MR) is 64.4 cm³/mol. The van der Waals surface area contributed by atoms with E-state index < -0.39 is 24.0 Å². The van der Waals surface area contributed by atoms with Gasteiger partial charge in [-0.05, 0) is 12.5 Å². The summed E-state index contributed by atoms with van der Waals surface area (Å²) in [5, 5.41) is 27.0. The molecule has 0 bridgehead atoms. The zero-order valence-electron chi connectivity index (χ0n) is 9.65. The molecule has 18 heavy (non-hydrogen) atoms. The number of hydrogen-bond donors (Lipinski definition) is 4. The summed E-state index contributed by atoms with van der Waals surface area (Å²) >= 11 is 4.20. The van der Waals surface area contributed by atoms with Crippen molar-refractivity contribution in [2.24, 2.45) is 0 Å². The van der Waals surface area contributed by atoms with Crippen LogP contribution in [0.2, 0.25) is 0 Å². The van der Waals surface area contributed by atoms with Gasteiger partial charge in [-0.15, -0.1) is 0 Å². The van der Waals surface area contributed by atoms with Crippen LogP contribution in [0.15, 0.2) is 11.6 Å². The zero-order chi connectivity index (χ0) is 13.3. The summed E-state index contributed by atoms with van der Waals surface area (Å²) in [7, 11) is 0. The first-order chi connectivity index (χ1) is 8.51. The van der Waals surface area contributed by atoms with Crippen LogP contribution in [0.5, 0.6) is 0 Å². The Bertz CT molecular complexity index is 357. The molecule has 2 aliphatic rings. The van der Waals surface area contributed by atoms with Crippen LogP contribution < -0.4 is 0 Å². The number of aliphatic carboxylic acids is 1. The topological polar surface area (TPSA) is 96.2 Å². The molecule has 1 fully saturated rings. The molecule has 1 saturated heterocycles. The summed E-state index contributed by atoms with van der Waals surface area (Å²) in [6, 6.07) is 0. The second kappa shape index (κ2) is 5.18. The van der Waals surface area contributed by atoms with Gasteiger partial charge in [-0.2, -0.15) is 12.6 Å². The van der Waals surface area contributed by atoms with Gasteiger partial charge in [0.15, 0.2) is 5.79 Å². The van der Waals surface area contributed by atoms with Crippen molar-refractivity contribution in [3.8, 4) is 0 Å². The number of carboxylic acid groups (broad SMARTS) is 1. The van der Waals surface area contributed by atoms with Crippen LogP contribution in [0.4, 0.5) is 0 Å². The Balaban J connectivity index is 2.25. The van der Waals surface area contributed by atoms with Gasteiger partial charge in [0.05, 0.1) is 18.8 Å². The molecule has 1 unspecified atom stereocenters. The van der Waals surface area contributed by atoms with Gasteiger partial charge in [0.2, 0.25) is 0 Å². The second-order valence-electron chi connectivity index (χ2n) is 4.45. The lowest BCUT2D eigenvalue weighted by Crippen LogP contribution is -2.36. The molecule has 1 aliphatic heterocycles. The molecule has 0 saturated carbocycles. The molecule has 3 atom stereocenters. The minimum absolute atomic E-state index is 0.125. The Hall–Kier alpha value is -0.600. The highest BCUT2D eigenvalue weighted by molar-refractivity contribution is 7.81. The Morgan fingerprint density at radius 2 is 1.94 bits per heavy atom. The fourth-order valence-electron chi connectivity index (χ4n) is 2.29. The first-order valence-electron chi connectivity index (χ1n) is 5.73. The highest BCUT2D eigenvalue weighted by Gasteiger charge is 2.48. The number of aliphatic hydroxyl groups excluding tert-OH is 2. The number of hydrogen-bond acceptors (Lipinski definition) is 6. The van der Waals surface area contributed by atoms with Gasteiger partial charge in [0, 0.05) is 11.7 Å². The van der Waals surface area contributed by atoms with Crippen molar-refractivity contribution in [2.45, 2.75) is 36.1 Å². The van der Waals surface area contributed by atoms with Crippen molar-refractivity contribution in [3.05, 3.63) is 11.6 Å². The normalized spacial score (nSPS) is 34.6. The van der Waals surface area contributed by atoms with Crippen LogP contribution in [0.1, 0.15) is 12.8 Å². The summed E-state index contributed by atoms with van der Waals surface area (Å²) in [4.78, 5) is 11.1. The zero-order valence-corrected chi connectivity index (χ0v) is 10.5. The highest BCUT2D eigenvalue weighted by atomic mass is 32.1. The number of carboxylic acids is 1. The molecule has 0 radical (unpaired) electrons. The molecular formula is C11H16O6S. The van der Waals surface area contributed by atoms with Crippen LogP contribution >= 0.6 is 12.6 Å². The van der Waals surface area contributed by atoms with E-state index in [2.05, 4.69) is 12.6 Å². The summed E-state index contributed by atoms with van der Waals surface area (Å²) < 4.78 is 11.1. The Morgan fingerprint density at radius 3 is 2.39 bits per heavy atom. The van der Waals surface area contributed by atoms with E-state index in [1.807, 2.05) is 0 Å². The molecular weight excluding hydrogens is 260 g/mol. The van der Waals surface area contributed by atoms with E-state index in [-0.39, 0.29) is 24.0 Å². The first kappa shape index (κ1) is 13.8. The minimum atomic E-state index is -1.16. The van der Waals surface area contributed by atoms with Crippen molar-refractivity contribution in [3.63, 3.8) is 0 Å². The summed E-state index contributed by atoms with van der Waals surface area (Å²) in [5.41, 5.74) is 0.125. The molecule has 1 spiro atoms. The van der Waals surface area contributed by atoms with Gasteiger partial charge >= 0.3 is 5.97 Å². The lowest BCUT2D eigenvalue weighted by molar-refractivity contribution is -0.153. The van der Waals surface area contributed by atoms with E-state index in [9.17, 15) is 4.79 Å². The lowest BCUT2D eigenvalue weighted by atomic mass is 9.94. The SMILES string of the molecule is O=C(O)C1=CC2(CCC1S)O[C@H](CO)[C@@H](CO)O2. The highest BCUT2D eigenvalue weighted by Crippen LogP contribution is 2.40. The van der Waals surface area contributed by atoms with Gasteiger partial charge < -0.3 is 24.8 Å². The molecule has 102 valence electrons. The quantitative estimate of drug-likeness (QED) is 0.522. The predicted octanol–water partition coefficient (Wildman–Crippen LogP) is -0.445. The van der Waals surface area contributed by atoms with Crippen molar-refractivity contribution < 1.29 is 29.6 Å². The van der Waals surface area contributed by atoms with Crippen LogP contribution in [0, 0.1) is 0 Å². The third-order valence-electron chi connectivity index (χ3n) is 3.22. The Kier molecular flexibility index (Phi) is 3.98. The maximum absolute atomic E-state index is 11.1. The number of ether oxygens (including phenoxy) is 2. The average molecular weight is 276 g/mol. The molecule has 7 heteroatoms. The molecule has 2 rings (SSSR count). The van der Waals surface area contributed by atoms with Gasteiger partial charge in [-0.1, -0.05) is 0 Å². The van der Waals surface area contributed by atoms with Crippen LogP contribution in [-0.2, 0) is 14.3 Å². The van der Waals surface area contributed by atoms with E-state index in [0.29, 0.717) is 12.8 Å². The summed E-state index contributed by atoms with van der Waals surface area (Å²) in [6.45, 7) is -0.568. The second-order valence-corrected chi connectivity index (χ2v) is 5.07. The number of rotatable bonds is 3. The molecule has 0 amide bonds. The Labute approximate surface area is 110 Å². The van der Waals surface area contributed by atoms with Gasteiger partial charge in [-0.25, -0.2) is 4.79 Å². The molecule has 1 aliphatic carbocycles. The summed E-state index contributed by atoms with van der Waals surface area (Å²) in [5.74, 6) is -2.22. The number of thiol groups is 1. The summed E-state index contributed by atoms with van der Waals surface area (Å²) in [6.07, 6.45) is 1.06. The third-order valence-corrected chi connectivity index (χ3v) is 3.76. The standard InChI is InChI=1S/C11H16O6S/c12-4-7-8(5-13)17-11(16-7)2-1-9(18)6(3-11)10(14)15/h3,7-9,12-13,18H,1-2,4-5H2,(H,14,15)/t7-,8-,9?/m1/s1. The van der Waals surface area contributed by atoms with E-state index in [1.54, 1.807) is 0 Å². The van der Waals surface area contributed by atoms with Crippen LogP contribution in [-0.4, -0.2) is 57.7 Å². The molecule has 1 heterocycles. The van der Waals surface area contributed by atoms with Gasteiger partial charge in [0.1, 0.15) is 12.2 Å². The van der Waals surface area contributed by atoms with E-state index in [1.165, 1.54) is 6.08 Å². The number of aliphatic hydroxyl groups is 2. The van der Waals surface area contributed by atoms with E-state index >= 15 is 0 Å². The maximum atomic E-state index is 11.1. The van der Waals surface area contributed by atoms with Crippen molar-refractivity contribution in [1.82, 2.24) is 0 Å².